The van der Waals surface area contributed by atoms with Gasteiger partial charge in [0.05, 0.1) is 13.2 Å². The van der Waals surface area contributed by atoms with Crippen molar-refractivity contribution < 1.29 is 28.6 Å². The highest BCUT2D eigenvalue weighted by atomic mass is 32.2. The van der Waals surface area contributed by atoms with Gasteiger partial charge in [-0.1, -0.05) is 43.5 Å². The van der Waals surface area contributed by atoms with E-state index in [0.29, 0.717) is 36.7 Å². The molecule has 0 aliphatic heterocycles. The summed E-state index contributed by atoms with van der Waals surface area (Å²) in [6.45, 7) is 7.62. The van der Waals surface area contributed by atoms with Crippen LogP contribution in [0.3, 0.4) is 0 Å². The van der Waals surface area contributed by atoms with E-state index < -0.39 is 11.9 Å². The van der Waals surface area contributed by atoms with Crippen molar-refractivity contribution >= 4 is 39.6 Å². The highest BCUT2D eigenvalue weighted by molar-refractivity contribution is 8.14. The summed E-state index contributed by atoms with van der Waals surface area (Å²) in [5.41, 5.74) is 2.62. The summed E-state index contributed by atoms with van der Waals surface area (Å²) >= 11 is 1.16. The second-order valence-electron chi connectivity index (χ2n) is 8.71. The molecule has 0 amide bonds. The molecular weight excluding hydrogens is 524 g/mol. The van der Waals surface area contributed by atoms with Crippen LogP contribution in [0, 0.1) is 0 Å². The van der Waals surface area contributed by atoms with Gasteiger partial charge in [-0.3, -0.25) is 4.79 Å². The third-order valence-corrected chi connectivity index (χ3v) is 6.83. The van der Waals surface area contributed by atoms with Gasteiger partial charge in [-0.05, 0) is 101 Å². The molecule has 6 nitrogen and oxygen atoms in total. The Morgan fingerprint density at radius 3 is 2.02 bits per heavy atom. The van der Waals surface area contributed by atoms with Gasteiger partial charge in [-0.15, -0.1) is 0 Å². The Morgan fingerprint density at radius 1 is 0.675 bits per heavy atom. The monoisotopic (exact) mass is 552 g/mol. The number of carbonyl (C=O) groups excluding carboxylic acids is 3. The lowest BCUT2D eigenvalue weighted by Gasteiger charge is -2.08. The molecule has 4 aromatic carbocycles. The van der Waals surface area contributed by atoms with E-state index in [-0.39, 0.29) is 5.12 Å². The molecule has 0 unspecified atom stereocenters. The van der Waals surface area contributed by atoms with E-state index in [1.54, 1.807) is 6.07 Å². The highest BCUT2D eigenvalue weighted by Crippen LogP contribution is 2.29. The van der Waals surface area contributed by atoms with Crippen molar-refractivity contribution in [1.29, 1.82) is 0 Å². The van der Waals surface area contributed by atoms with Crippen molar-refractivity contribution in [2.24, 2.45) is 0 Å². The Labute approximate surface area is 237 Å². The first kappa shape index (κ1) is 28.4. The molecule has 4 rings (SSSR count). The maximum absolute atomic E-state index is 12.8. The Bertz CT molecular complexity index is 1520. The summed E-state index contributed by atoms with van der Waals surface area (Å²) < 4.78 is 15.8. The van der Waals surface area contributed by atoms with Crippen LogP contribution in [0.2, 0.25) is 0 Å². The van der Waals surface area contributed by atoms with Crippen LogP contribution in [0.4, 0.5) is 0 Å². The van der Waals surface area contributed by atoms with Gasteiger partial charge in [0.15, 0.2) is 0 Å². The quantitative estimate of drug-likeness (QED) is 0.0595. The molecule has 0 spiro atoms. The lowest BCUT2D eigenvalue weighted by molar-refractivity contribution is -0.137. The Kier molecular flexibility index (Phi) is 9.91. The van der Waals surface area contributed by atoms with Crippen LogP contribution in [0.25, 0.3) is 21.9 Å². The lowest BCUT2D eigenvalue weighted by Crippen LogP contribution is -2.04. The van der Waals surface area contributed by atoms with Crippen LogP contribution in [0.1, 0.15) is 23.2 Å². The van der Waals surface area contributed by atoms with Crippen LogP contribution in [0.5, 0.6) is 11.5 Å². The van der Waals surface area contributed by atoms with Crippen molar-refractivity contribution in [3.05, 3.63) is 116 Å². The van der Waals surface area contributed by atoms with E-state index in [1.165, 1.54) is 0 Å². The molecule has 0 fully saturated rings. The van der Waals surface area contributed by atoms with Crippen molar-refractivity contribution in [2.45, 2.75) is 17.7 Å². The van der Waals surface area contributed by atoms with E-state index in [2.05, 4.69) is 19.2 Å². The largest absolute Gasteiger partial charge is 0.494 e. The van der Waals surface area contributed by atoms with Crippen LogP contribution >= 0.6 is 11.8 Å². The number of fused-ring (bicyclic) bond motifs is 1. The van der Waals surface area contributed by atoms with Gasteiger partial charge >= 0.3 is 11.9 Å². The number of carbonyl (C=O) groups is 3. The number of hydrogen-bond acceptors (Lipinski definition) is 7. The lowest BCUT2D eigenvalue weighted by atomic mass is 10.0. The molecule has 7 heteroatoms. The van der Waals surface area contributed by atoms with Crippen LogP contribution in [0.15, 0.2) is 115 Å². The third kappa shape index (κ3) is 7.94. The summed E-state index contributed by atoms with van der Waals surface area (Å²) in [7, 11) is 0. The number of unbranched alkanes of at least 4 members (excludes halogenated alkanes) is 1. The minimum Gasteiger partial charge on any atom is -0.494 e. The molecule has 0 radical (unpaired) electrons. The first-order valence-corrected chi connectivity index (χ1v) is 13.5. The number of thioether (sulfide) groups is 1. The fourth-order valence-corrected chi connectivity index (χ4v) is 4.56. The molecule has 0 bridgehead atoms. The average Bonchev–Trinajstić information content (AvgIpc) is 2.99. The van der Waals surface area contributed by atoms with Gasteiger partial charge in [-0.25, -0.2) is 9.59 Å². The zero-order valence-corrected chi connectivity index (χ0v) is 22.7. The van der Waals surface area contributed by atoms with Crippen molar-refractivity contribution in [3.8, 4) is 22.6 Å². The van der Waals surface area contributed by atoms with Gasteiger partial charge in [0.2, 0.25) is 5.12 Å². The highest BCUT2D eigenvalue weighted by Gasteiger charge is 2.10. The molecule has 0 heterocycles. The Morgan fingerprint density at radius 2 is 1.30 bits per heavy atom. The Balaban J connectivity index is 1.30. The molecule has 0 aliphatic carbocycles. The third-order valence-electron chi connectivity index (χ3n) is 5.90. The van der Waals surface area contributed by atoms with Gasteiger partial charge < -0.3 is 14.2 Å². The summed E-state index contributed by atoms with van der Waals surface area (Å²) in [5.74, 6) is 0.265. The zero-order valence-electron chi connectivity index (χ0n) is 21.8. The Hall–Kier alpha value is -4.62. The topological polar surface area (TPSA) is 78.9 Å². The number of ether oxygens (including phenoxy) is 3. The second kappa shape index (κ2) is 14.0. The second-order valence-corrected chi connectivity index (χ2v) is 9.76. The molecule has 4 aromatic rings. The van der Waals surface area contributed by atoms with Crippen molar-refractivity contribution in [1.82, 2.24) is 0 Å². The fourth-order valence-electron chi connectivity index (χ4n) is 3.82. The maximum atomic E-state index is 12.8. The first-order chi connectivity index (χ1) is 19.4. The maximum Gasteiger partial charge on any atom is 0.335 e. The van der Waals surface area contributed by atoms with Gasteiger partial charge in [-0.2, -0.15) is 0 Å². The minimum atomic E-state index is -0.497. The van der Waals surface area contributed by atoms with Crippen LogP contribution in [-0.2, 0) is 14.3 Å². The summed E-state index contributed by atoms with van der Waals surface area (Å²) in [6.07, 6.45) is 3.73. The number of hydrogen-bond donors (Lipinski definition) is 0. The molecule has 0 aliphatic rings. The predicted molar refractivity (Wildman–Crippen MR) is 158 cm³/mol. The molecule has 0 saturated carbocycles. The molecular formula is C33H28O6S. The van der Waals surface area contributed by atoms with Gasteiger partial charge in [0.1, 0.15) is 11.5 Å². The first-order valence-electron chi connectivity index (χ1n) is 12.7. The smallest absolute Gasteiger partial charge is 0.335 e. The number of esters is 2. The molecule has 202 valence electrons. The van der Waals surface area contributed by atoms with Gasteiger partial charge in [0, 0.05) is 22.6 Å². The van der Waals surface area contributed by atoms with E-state index in [0.717, 1.165) is 57.1 Å². The van der Waals surface area contributed by atoms with E-state index in [4.69, 9.17) is 14.2 Å². The number of rotatable bonds is 12. The van der Waals surface area contributed by atoms with E-state index in [9.17, 15) is 14.4 Å². The van der Waals surface area contributed by atoms with Crippen molar-refractivity contribution in [2.75, 3.05) is 13.2 Å². The van der Waals surface area contributed by atoms with Crippen LogP contribution < -0.4 is 9.47 Å². The van der Waals surface area contributed by atoms with E-state index >= 15 is 0 Å². The summed E-state index contributed by atoms with van der Waals surface area (Å²) in [4.78, 5) is 36.1. The average molecular weight is 553 g/mol. The summed E-state index contributed by atoms with van der Waals surface area (Å²) in [5, 5.41) is 1.91. The fraction of sp³-hybridized carbons (Fsp3) is 0.121. The van der Waals surface area contributed by atoms with E-state index in [1.807, 2.05) is 72.8 Å². The SMILES string of the molecule is C=CC(=O)OCCCCOc1ccc(SC(=O)c2ccc(-c3ccc4cc(OC(=O)C=C)ccc4c3)cc2)cc1. The molecule has 0 aromatic heterocycles. The standard InChI is InChI=1S/C33H28O6S/c1-3-31(34)38-20-6-5-19-37-28-15-17-30(18-16-28)40-33(36)24-9-7-23(8-10-24)25-11-12-27-22-29(39-32(35)4-2)14-13-26(27)21-25/h3-4,7-18,21-22H,1-2,5-6,19-20H2. The molecule has 0 N–H and O–H groups in total. The molecule has 0 atom stereocenters. The molecule has 0 saturated heterocycles. The van der Waals surface area contributed by atoms with Crippen molar-refractivity contribution in [3.63, 3.8) is 0 Å². The zero-order chi connectivity index (χ0) is 28.3. The molecule has 40 heavy (non-hydrogen) atoms. The van der Waals surface area contributed by atoms with Gasteiger partial charge in [0.25, 0.3) is 0 Å². The number of benzene rings is 4. The summed E-state index contributed by atoms with van der Waals surface area (Å²) in [6, 6.07) is 26.4. The minimum absolute atomic E-state index is 0.0469. The normalized spacial score (nSPS) is 10.5. The predicted octanol–water partition coefficient (Wildman–Crippen LogP) is 7.42. The van der Waals surface area contributed by atoms with Crippen LogP contribution in [-0.4, -0.2) is 30.3 Å².